The van der Waals surface area contributed by atoms with Gasteiger partial charge in [-0.1, -0.05) is 0 Å². The largest absolute Gasteiger partial charge is 0.342 e. The Hall–Kier alpha value is -0.330. The zero-order valence-corrected chi connectivity index (χ0v) is 15.1. The molecule has 1 N–H and O–H groups in total. The minimum absolute atomic E-state index is 0. The van der Waals surface area contributed by atoms with Gasteiger partial charge in [0, 0.05) is 25.8 Å². The van der Waals surface area contributed by atoms with Crippen molar-refractivity contribution in [2.45, 2.75) is 50.8 Å². The molecule has 126 valence electrons. The molecule has 0 aromatic rings. The van der Waals surface area contributed by atoms with Gasteiger partial charge in [-0.25, -0.2) is 8.42 Å². The van der Waals surface area contributed by atoms with E-state index >= 15 is 0 Å². The Balaban J connectivity index is 0.00000400. The van der Waals surface area contributed by atoms with Crippen molar-refractivity contribution in [2.75, 3.05) is 26.4 Å². The van der Waals surface area contributed by atoms with Gasteiger partial charge < -0.3 is 10.2 Å². The summed E-state index contributed by atoms with van der Waals surface area (Å²) in [5, 5.41) is 2.78. The van der Waals surface area contributed by atoms with Crippen LogP contribution in [0.2, 0.25) is 0 Å². The minimum Gasteiger partial charge on any atom is -0.342 e. The molecule has 0 aromatic heterocycles. The maximum atomic E-state index is 12.2. The number of nitrogens with zero attached hydrogens (tertiary/aromatic N) is 1. The van der Waals surface area contributed by atoms with Crippen molar-refractivity contribution in [3.05, 3.63) is 0 Å². The van der Waals surface area contributed by atoms with Gasteiger partial charge in [-0.3, -0.25) is 4.79 Å². The fraction of sp³-hybridized carbons (Fsp3) is 0.929. The van der Waals surface area contributed by atoms with Gasteiger partial charge in [0.25, 0.3) is 0 Å². The fourth-order valence-electron chi connectivity index (χ4n) is 2.57. The SMILES string of the molecule is CC(C(C)S(C)(=O)=O)N(C)C(=O)CCC1CCNCC1.Cl. The molecule has 1 amide bonds. The van der Waals surface area contributed by atoms with E-state index in [1.807, 2.05) is 0 Å². The molecule has 1 saturated heterocycles. The molecule has 0 aromatic carbocycles. The third kappa shape index (κ3) is 6.53. The first-order valence-corrected chi connectivity index (χ1v) is 9.34. The van der Waals surface area contributed by atoms with Crippen LogP contribution in [-0.2, 0) is 14.6 Å². The van der Waals surface area contributed by atoms with Crippen molar-refractivity contribution in [3.63, 3.8) is 0 Å². The molecule has 0 bridgehead atoms. The number of amides is 1. The zero-order chi connectivity index (χ0) is 15.3. The first kappa shape index (κ1) is 20.7. The van der Waals surface area contributed by atoms with Gasteiger partial charge in [0.2, 0.25) is 5.91 Å². The van der Waals surface area contributed by atoms with E-state index in [-0.39, 0.29) is 24.4 Å². The van der Waals surface area contributed by atoms with Crippen LogP contribution in [0.4, 0.5) is 0 Å². The maximum absolute atomic E-state index is 12.2. The minimum atomic E-state index is -3.12. The molecule has 1 fully saturated rings. The summed E-state index contributed by atoms with van der Waals surface area (Å²) in [7, 11) is -1.41. The number of carbonyl (C=O) groups is 1. The molecule has 0 aliphatic carbocycles. The molecule has 7 heteroatoms. The van der Waals surface area contributed by atoms with Gasteiger partial charge in [0.15, 0.2) is 9.84 Å². The van der Waals surface area contributed by atoms with Crippen LogP contribution in [0.1, 0.15) is 39.5 Å². The van der Waals surface area contributed by atoms with E-state index in [4.69, 9.17) is 0 Å². The first-order valence-electron chi connectivity index (χ1n) is 7.38. The van der Waals surface area contributed by atoms with Crippen LogP contribution in [-0.4, -0.2) is 56.9 Å². The van der Waals surface area contributed by atoms with Crippen molar-refractivity contribution in [2.24, 2.45) is 5.92 Å². The highest BCUT2D eigenvalue weighted by molar-refractivity contribution is 7.91. The second kappa shape index (κ2) is 8.96. The van der Waals surface area contributed by atoms with Gasteiger partial charge in [-0.05, 0) is 52.1 Å². The molecule has 0 radical (unpaired) electrons. The van der Waals surface area contributed by atoms with Crippen LogP contribution in [0.3, 0.4) is 0 Å². The monoisotopic (exact) mass is 340 g/mol. The van der Waals surface area contributed by atoms with Crippen molar-refractivity contribution >= 4 is 28.2 Å². The van der Waals surface area contributed by atoms with E-state index in [0.29, 0.717) is 12.3 Å². The molecule has 0 spiro atoms. The summed E-state index contributed by atoms with van der Waals surface area (Å²) < 4.78 is 23.1. The van der Waals surface area contributed by atoms with E-state index in [0.717, 1.165) is 32.4 Å². The van der Waals surface area contributed by atoms with Gasteiger partial charge in [-0.15, -0.1) is 12.4 Å². The lowest BCUT2D eigenvalue weighted by Gasteiger charge is -2.30. The molecular formula is C14H29ClN2O3S. The third-order valence-electron chi connectivity index (χ3n) is 4.58. The molecule has 1 heterocycles. The number of carbonyl (C=O) groups excluding carboxylic acids is 1. The first-order chi connectivity index (χ1) is 9.23. The van der Waals surface area contributed by atoms with Gasteiger partial charge in [-0.2, -0.15) is 0 Å². The summed E-state index contributed by atoms with van der Waals surface area (Å²) in [5.41, 5.74) is 0. The number of nitrogens with one attached hydrogen (secondary N) is 1. The molecule has 1 aliphatic rings. The average molecular weight is 341 g/mol. The van der Waals surface area contributed by atoms with E-state index in [1.54, 1.807) is 25.8 Å². The molecule has 0 saturated carbocycles. The molecule has 5 nitrogen and oxygen atoms in total. The predicted molar refractivity (Wildman–Crippen MR) is 88.6 cm³/mol. The summed E-state index contributed by atoms with van der Waals surface area (Å²) in [6.45, 7) is 5.54. The molecular weight excluding hydrogens is 312 g/mol. The Morgan fingerprint density at radius 1 is 1.29 bits per heavy atom. The second-order valence-corrected chi connectivity index (χ2v) is 8.41. The summed E-state index contributed by atoms with van der Waals surface area (Å²) in [6, 6.07) is -0.287. The Morgan fingerprint density at radius 2 is 1.81 bits per heavy atom. The molecule has 2 atom stereocenters. The molecule has 2 unspecified atom stereocenters. The van der Waals surface area contributed by atoms with Gasteiger partial charge in [0.1, 0.15) is 0 Å². The van der Waals surface area contributed by atoms with Crippen LogP contribution < -0.4 is 5.32 Å². The fourth-order valence-corrected chi connectivity index (χ4v) is 3.47. The predicted octanol–water partition coefficient (Wildman–Crippen LogP) is 1.47. The number of piperidine rings is 1. The summed E-state index contributed by atoms with van der Waals surface area (Å²) >= 11 is 0. The quantitative estimate of drug-likeness (QED) is 0.795. The number of halogens is 1. The van der Waals surface area contributed by atoms with Gasteiger partial charge >= 0.3 is 0 Å². The van der Waals surface area contributed by atoms with Gasteiger partial charge in [0.05, 0.1) is 5.25 Å². The second-order valence-electron chi connectivity index (χ2n) is 6.01. The smallest absolute Gasteiger partial charge is 0.222 e. The number of sulfone groups is 1. The summed E-state index contributed by atoms with van der Waals surface area (Å²) in [4.78, 5) is 13.8. The zero-order valence-electron chi connectivity index (χ0n) is 13.5. The molecule has 1 aliphatic heterocycles. The highest BCUT2D eigenvalue weighted by atomic mass is 35.5. The van der Waals surface area contributed by atoms with Crippen molar-refractivity contribution in [1.29, 1.82) is 0 Å². The van der Waals surface area contributed by atoms with Crippen molar-refractivity contribution in [1.82, 2.24) is 10.2 Å². The molecule has 21 heavy (non-hydrogen) atoms. The Labute approximate surface area is 135 Å². The standard InChI is InChI=1S/C14H28N2O3S.ClH/c1-11(12(2)20(4,18)19)16(3)14(17)6-5-13-7-9-15-10-8-13;/h11-13,15H,5-10H2,1-4H3;1H. The Morgan fingerprint density at radius 3 is 2.29 bits per heavy atom. The summed E-state index contributed by atoms with van der Waals surface area (Å²) in [6.07, 6.45) is 4.91. The maximum Gasteiger partial charge on any atom is 0.222 e. The lowest BCUT2D eigenvalue weighted by Crippen LogP contribution is -2.44. The van der Waals surface area contributed by atoms with E-state index < -0.39 is 15.1 Å². The van der Waals surface area contributed by atoms with E-state index in [9.17, 15) is 13.2 Å². The Kier molecular flexibility index (Phi) is 8.81. The van der Waals surface area contributed by atoms with E-state index in [2.05, 4.69) is 5.32 Å². The number of hydrogen-bond acceptors (Lipinski definition) is 4. The van der Waals surface area contributed by atoms with E-state index in [1.165, 1.54) is 6.26 Å². The van der Waals surface area contributed by atoms with Crippen LogP contribution in [0, 0.1) is 5.92 Å². The number of hydrogen-bond donors (Lipinski definition) is 1. The van der Waals surface area contributed by atoms with Crippen molar-refractivity contribution < 1.29 is 13.2 Å². The van der Waals surface area contributed by atoms with Crippen LogP contribution in [0.15, 0.2) is 0 Å². The lowest BCUT2D eigenvalue weighted by atomic mass is 9.93. The summed E-state index contributed by atoms with van der Waals surface area (Å²) in [5.74, 6) is 0.669. The number of rotatable bonds is 6. The normalized spacial score (nSPS) is 19.4. The van der Waals surface area contributed by atoms with Crippen LogP contribution >= 0.6 is 12.4 Å². The topological polar surface area (TPSA) is 66.5 Å². The highest BCUT2D eigenvalue weighted by Crippen LogP contribution is 2.19. The lowest BCUT2D eigenvalue weighted by molar-refractivity contribution is -0.132. The average Bonchev–Trinajstić information content (AvgIpc) is 2.42. The van der Waals surface area contributed by atoms with Crippen LogP contribution in [0.25, 0.3) is 0 Å². The third-order valence-corrected chi connectivity index (χ3v) is 6.33. The Bertz CT molecular complexity index is 422. The molecule has 1 rings (SSSR count). The highest BCUT2D eigenvalue weighted by Gasteiger charge is 2.28. The van der Waals surface area contributed by atoms with Crippen LogP contribution in [0.5, 0.6) is 0 Å². The van der Waals surface area contributed by atoms with Crippen molar-refractivity contribution in [3.8, 4) is 0 Å².